The maximum absolute atomic E-state index is 12.5. The number of anilines is 2. The van der Waals surface area contributed by atoms with Crippen molar-refractivity contribution in [3.05, 3.63) is 40.5 Å². The van der Waals surface area contributed by atoms with Crippen LogP contribution in [0, 0.1) is 6.92 Å². The summed E-state index contributed by atoms with van der Waals surface area (Å²) < 4.78 is 11.1. The molecule has 1 N–H and O–H groups in total. The molecule has 25 heavy (non-hydrogen) atoms. The summed E-state index contributed by atoms with van der Waals surface area (Å²) in [5.74, 6) is 0.644. The van der Waals surface area contributed by atoms with Crippen LogP contribution < -0.4 is 19.7 Å². The Morgan fingerprint density at radius 3 is 2.96 bits per heavy atom. The van der Waals surface area contributed by atoms with Gasteiger partial charge in [0.15, 0.2) is 18.2 Å². The fourth-order valence-corrected chi connectivity index (χ4v) is 2.77. The lowest BCUT2D eigenvalue weighted by Gasteiger charge is -2.27. The van der Waals surface area contributed by atoms with E-state index in [1.54, 1.807) is 24.3 Å². The van der Waals surface area contributed by atoms with E-state index in [9.17, 15) is 9.59 Å². The predicted octanol–water partition coefficient (Wildman–Crippen LogP) is 2.53. The van der Waals surface area contributed by atoms with E-state index in [0.29, 0.717) is 27.6 Å². The molecule has 0 atom stereocenters. The van der Waals surface area contributed by atoms with Crippen molar-refractivity contribution in [1.82, 2.24) is 4.98 Å². The number of amides is 2. The zero-order chi connectivity index (χ0) is 18.0. The molecule has 1 aliphatic rings. The number of fused-ring (bicyclic) bond motifs is 1. The highest BCUT2D eigenvalue weighted by Gasteiger charge is 2.29. The number of carbonyl (C=O) groups excluding carboxylic acids is 2. The standard InChI is InChI=1S/C17H16BrN3O4/c1-10-3-4-12(24-2)11(7-10)19-15(22)8-21-16(23)9-25-13-5-6-14(18)20-17(13)21/h3-7H,8-9H2,1-2H3,(H,19,22). The lowest BCUT2D eigenvalue weighted by Crippen LogP contribution is -2.44. The third-order valence-corrected chi connectivity index (χ3v) is 4.09. The first-order valence-corrected chi connectivity index (χ1v) is 8.31. The topological polar surface area (TPSA) is 80.8 Å². The molecule has 0 fully saturated rings. The van der Waals surface area contributed by atoms with Crippen LogP contribution in [0.15, 0.2) is 34.9 Å². The van der Waals surface area contributed by atoms with Crippen LogP contribution in [0.1, 0.15) is 5.56 Å². The van der Waals surface area contributed by atoms with E-state index in [-0.39, 0.29) is 25.0 Å². The Labute approximate surface area is 153 Å². The Balaban J connectivity index is 1.81. The lowest BCUT2D eigenvalue weighted by molar-refractivity contribution is -0.123. The first-order chi connectivity index (χ1) is 12.0. The molecule has 0 unspecified atom stereocenters. The average Bonchev–Trinajstić information content (AvgIpc) is 2.58. The molecule has 7 nitrogen and oxygen atoms in total. The summed E-state index contributed by atoms with van der Waals surface area (Å²) in [6, 6.07) is 8.88. The van der Waals surface area contributed by atoms with Crippen molar-refractivity contribution >= 4 is 39.2 Å². The van der Waals surface area contributed by atoms with Crippen LogP contribution in [-0.4, -0.2) is 37.1 Å². The van der Waals surface area contributed by atoms with Gasteiger partial charge in [0.1, 0.15) is 16.9 Å². The van der Waals surface area contributed by atoms with Crippen LogP contribution in [0.2, 0.25) is 0 Å². The Hall–Kier alpha value is -2.61. The number of rotatable bonds is 4. The first-order valence-electron chi connectivity index (χ1n) is 7.52. The third-order valence-electron chi connectivity index (χ3n) is 3.64. The zero-order valence-electron chi connectivity index (χ0n) is 13.7. The smallest absolute Gasteiger partial charge is 0.266 e. The highest BCUT2D eigenvalue weighted by molar-refractivity contribution is 9.10. The van der Waals surface area contributed by atoms with E-state index in [1.807, 2.05) is 13.0 Å². The molecule has 8 heteroatoms. The van der Waals surface area contributed by atoms with E-state index in [0.717, 1.165) is 5.56 Å². The summed E-state index contributed by atoms with van der Waals surface area (Å²) in [6.45, 7) is 1.62. The summed E-state index contributed by atoms with van der Waals surface area (Å²) in [7, 11) is 1.53. The third kappa shape index (κ3) is 3.74. The maximum atomic E-state index is 12.5. The molecule has 2 amide bonds. The normalized spacial score (nSPS) is 13.1. The van der Waals surface area contributed by atoms with Gasteiger partial charge in [-0.05, 0) is 52.7 Å². The fraction of sp³-hybridized carbons (Fsp3) is 0.235. The van der Waals surface area contributed by atoms with Gasteiger partial charge < -0.3 is 14.8 Å². The molecule has 0 saturated heterocycles. The van der Waals surface area contributed by atoms with Gasteiger partial charge in [-0.3, -0.25) is 14.5 Å². The van der Waals surface area contributed by atoms with Gasteiger partial charge in [-0.15, -0.1) is 0 Å². The Morgan fingerprint density at radius 1 is 1.40 bits per heavy atom. The molecular weight excluding hydrogens is 390 g/mol. The van der Waals surface area contributed by atoms with Crippen molar-refractivity contribution in [2.75, 3.05) is 30.5 Å². The number of carbonyl (C=O) groups is 2. The Bertz CT molecular complexity index is 841. The van der Waals surface area contributed by atoms with Gasteiger partial charge in [-0.1, -0.05) is 6.07 Å². The van der Waals surface area contributed by atoms with Gasteiger partial charge in [-0.2, -0.15) is 0 Å². The highest BCUT2D eigenvalue weighted by atomic mass is 79.9. The monoisotopic (exact) mass is 405 g/mol. The summed E-state index contributed by atoms with van der Waals surface area (Å²) in [5, 5.41) is 2.78. The minimum absolute atomic E-state index is 0.128. The maximum Gasteiger partial charge on any atom is 0.266 e. The first kappa shape index (κ1) is 17.2. The number of nitrogens with zero attached hydrogens (tertiary/aromatic N) is 2. The van der Waals surface area contributed by atoms with Crippen LogP contribution >= 0.6 is 15.9 Å². The second-order valence-electron chi connectivity index (χ2n) is 5.48. The van der Waals surface area contributed by atoms with Crippen LogP contribution in [-0.2, 0) is 9.59 Å². The number of halogens is 1. The molecule has 0 radical (unpaired) electrons. The van der Waals surface area contributed by atoms with Gasteiger partial charge in [0.2, 0.25) is 5.91 Å². The number of nitrogens with one attached hydrogen (secondary N) is 1. The predicted molar refractivity (Wildman–Crippen MR) is 96.1 cm³/mol. The number of hydrogen-bond donors (Lipinski definition) is 1. The molecular formula is C17H16BrN3O4. The van der Waals surface area contributed by atoms with E-state index in [2.05, 4.69) is 26.2 Å². The van der Waals surface area contributed by atoms with Gasteiger partial charge >= 0.3 is 0 Å². The van der Waals surface area contributed by atoms with Gasteiger partial charge in [0.25, 0.3) is 5.91 Å². The van der Waals surface area contributed by atoms with Crippen LogP contribution in [0.3, 0.4) is 0 Å². The SMILES string of the molecule is COc1ccc(C)cc1NC(=O)CN1C(=O)COc2ccc(Br)nc21. The molecule has 1 aromatic carbocycles. The molecule has 3 rings (SSSR count). The zero-order valence-corrected chi connectivity index (χ0v) is 15.3. The molecule has 2 aromatic rings. The van der Waals surface area contributed by atoms with E-state index in [1.165, 1.54) is 12.0 Å². The fourth-order valence-electron chi connectivity index (χ4n) is 2.47. The number of benzene rings is 1. The Kier molecular flexibility index (Phi) is 4.89. The van der Waals surface area contributed by atoms with E-state index >= 15 is 0 Å². The van der Waals surface area contributed by atoms with Gasteiger partial charge in [-0.25, -0.2) is 4.98 Å². The quantitative estimate of drug-likeness (QED) is 0.790. The number of ether oxygens (including phenoxy) is 2. The number of hydrogen-bond acceptors (Lipinski definition) is 5. The molecule has 2 heterocycles. The molecule has 0 saturated carbocycles. The molecule has 130 valence electrons. The van der Waals surface area contributed by atoms with Crippen molar-refractivity contribution in [1.29, 1.82) is 0 Å². The summed E-state index contributed by atoms with van der Waals surface area (Å²) in [4.78, 5) is 30.2. The number of methoxy groups -OCH3 is 1. The number of pyridine rings is 1. The van der Waals surface area contributed by atoms with Crippen LogP contribution in [0.4, 0.5) is 11.5 Å². The summed E-state index contributed by atoms with van der Waals surface area (Å²) in [6.07, 6.45) is 0. The molecule has 1 aliphatic heterocycles. The lowest BCUT2D eigenvalue weighted by atomic mass is 10.2. The van der Waals surface area contributed by atoms with Crippen molar-refractivity contribution in [3.63, 3.8) is 0 Å². The molecule has 0 aliphatic carbocycles. The van der Waals surface area contributed by atoms with Crippen molar-refractivity contribution in [2.45, 2.75) is 6.92 Å². The summed E-state index contributed by atoms with van der Waals surface area (Å²) in [5.41, 5.74) is 1.53. The second-order valence-corrected chi connectivity index (χ2v) is 6.29. The van der Waals surface area contributed by atoms with Gasteiger partial charge in [0.05, 0.1) is 12.8 Å². The summed E-state index contributed by atoms with van der Waals surface area (Å²) >= 11 is 3.26. The molecule has 1 aromatic heterocycles. The van der Waals surface area contributed by atoms with E-state index < -0.39 is 0 Å². The highest BCUT2D eigenvalue weighted by Crippen LogP contribution is 2.31. The number of aromatic nitrogens is 1. The van der Waals surface area contributed by atoms with Crippen LogP contribution in [0.5, 0.6) is 11.5 Å². The Morgan fingerprint density at radius 2 is 2.20 bits per heavy atom. The van der Waals surface area contributed by atoms with Crippen LogP contribution in [0.25, 0.3) is 0 Å². The van der Waals surface area contributed by atoms with Crippen molar-refractivity contribution < 1.29 is 19.1 Å². The van der Waals surface area contributed by atoms with Gasteiger partial charge in [0, 0.05) is 0 Å². The largest absolute Gasteiger partial charge is 0.495 e. The molecule has 0 spiro atoms. The average molecular weight is 406 g/mol. The number of aryl methyl sites for hydroxylation is 1. The minimum Gasteiger partial charge on any atom is -0.495 e. The van der Waals surface area contributed by atoms with E-state index in [4.69, 9.17) is 9.47 Å². The molecule has 0 bridgehead atoms. The van der Waals surface area contributed by atoms with Crippen molar-refractivity contribution in [2.24, 2.45) is 0 Å². The second kappa shape index (κ2) is 7.10. The van der Waals surface area contributed by atoms with Crippen molar-refractivity contribution in [3.8, 4) is 11.5 Å². The minimum atomic E-state index is -0.355.